The minimum Gasteiger partial charge on any atom is -0.446 e. The van der Waals surface area contributed by atoms with E-state index >= 15 is 0 Å². The summed E-state index contributed by atoms with van der Waals surface area (Å²) in [7, 11) is 0. The van der Waals surface area contributed by atoms with Gasteiger partial charge in [-0.3, -0.25) is 5.32 Å². The summed E-state index contributed by atoms with van der Waals surface area (Å²) in [5.74, 6) is 1.08. The zero-order chi connectivity index (χ0) is 24.6. The number of hydrogen-bond acceptors (Lipinski definition) is 5. The smallest absolute Gasteiger partial charge is 0.411 e. The maximum absolute atomic E-state index is 12.9. The van der Waals surface area contributed by atoms with Crippen molar-refractivity contribution in [2.24, 2.45) is 35.0 Å². The monoisotopic (exact) mass is 523 g/mol. The van der Waals surface area contributed by atoms with Crippen LogP contribution in [-0.4, -0.2) is 23.8 Å². The Bertz CT molecular complexity index is 982. The molecule has 6 fully saturated rings. The average molecular weight is 524 g/mol. The quantitative estimate of drug-likeness (QED) is 0.404. The Hall–Kier alpha value is -1.05. The first-order chi connectivity index (χ1) is 16.5. The van der Waals surface area contributed by atoms with Crippen LogP contribution in [0.15, 0.2) is 18.2 Å². The number of benzene rings is 1. The molecule has 8 heteroatoms. The van der Waals surface area contributed by atoms with Gasteiger partial charge in [-0.1, -0.05) is 44.0 Å². The number of amides is 1. The number of ether oxygens (including phenoxy) is 2. The Morgan fingerprint density at radius 3 is 2.34 bits per heavy atom. The van der Waals surface area contributed by atoms with Gasteiger partial charge in [-0.2, -0.15) is 9.78 Å². The van der Waals surface area contributed by atoms with Gasteiger partial charge in [-0.15, -0.1) is 0 Å². The molecule has 7 rings (SSSR count). The van der Waals surface area contributed by atoms with Crippen LogP contribution in [0.3, 0.4) is 0 Å². The Morgan fingerprint density at radius 1 is 1.00 bits per heavy atom. The largest absolute Gasteiger partial charge is 0.446 e. The number of nitrogens with one attached hydrogen (secondary N) is 1. The summed E-state index contributed by atoms with van der Waals surface area (Å²) in [4.78, 5) is 25.3. The molecule has 192 valence electrons. The Labute approximate surface area is 217 Å². The lowest BCUT2D eigenvalue weighted by Crippen LogP contribution is -2.59. The summed E-state index contributed by atoms with van der Waals surface area (Å²) in [6, 6.07) is 4.93. The van der Waals surface area contributed by atoms with Gasteiger partial charge in [0.2, 0.25) is 11.6 Å². The van der Waals surface area contributed by atoms with Crippen LogP contribution in [0.25, 0.3) is 0 Å². The topological polar surface area (TPSA) is 66.0 Å². The predicted molar refractivity (Wildman–Crippen MR) is 133 cm³/mol. The Balaban J connectivity index is 1.20. The van der Waals surface area contributed by atoms with Gasteiger partial charge in [0.15, 0.2) is 0 Å². The number of carbonyl (C=O) groups excluding carboxylic acids is 1. The highest BCUT2D eigenvalue weighted by Gasteiger charge is 2.68. The molecular weight excluding hydrogens is 489 g/mol. The average Bonchev–Trinajstić information content (AvgIpc) is 3.12. The highest BCUT2D eigenvalue weighted by molar-refractivity contribution is 6.35. The van der Waals surface area contributed by atoms with E-state index < -0.39 is 17.7 Å². The maximum Gasteiger partial charge on any atom is 0.411 e. The summed E-state index contributed by atoms with van der Waals surface area (Å²) >= 11 is 12.3. The third kappa shape index (κ3) is 4.37. The molecule has 6 aliphatic rings. The fourth-order valence-electron chi connectivity index (χ4n) is 7.68. The van der Waals surface area contributed by atoms with E-state index in [1.807, 2.05) is 0 Å². The van der Waals surface area contributed by atoms with Gasteiger partial charge in [-0.25, -0.2) is 4.79 Å². The summed E-state index contributed by atoms with van der Waals surface area (Å²) in [5.41, 5.74) is 0.417. The molecule has 5 saturated carbocycles. The molecule has 1 saturated heterocycles. The van der Waals surface area contributed by atoms with Crippen LogP contribution in [-0.2, 0) is 19.2 Å². The van der Waals surface area contributed by atoms with E-state index in [0.29, 0.717) is 34.0 Å². The summed E-state index contributed by atoms with van der Waals surface area (Å²) < 4.78 is 12.9. The number of anilines is 1. The first kappa shape index (κ1) is 24.3. The van der Waals surface area contributed by atoms with E-state index in [0.717, 1.165) is 50.4 Å². The molecule has 1 heterocycles. The summed E-state index contributed by atoms with van der Waals surface area (Å²) in [6.45, 7) is 6.65. The van der Waals surface area contributed by atoms with Crippen molar-refractivity contribution in [3.05, 3.63) is 28.2 Å². The van der Waals surface area contributed by atoms with Crippen LogP contribution in [0.1, 0.15) is 72.1 Å². The lowest BCUT2D eigenvalue weighted by Gasteiger charge is -2.57. The molecule has 35 heavy (non-hydrogen) atoms. The van der Waals surface area contributed by atoms with Crippen LogP contribution in [0.4, 0.5) is 10.5 Å². The van der Waals surface area contributed by atoms with Crippen LogP contribution in [0.2, 0.25) is 10.0 Å². The summed E-state index contributed by atoms with van der Waals surface area (Å²) in [5, 5.41) is 3.63. The van der Waals surface area contributed by atoms with Crippen LogP contribution < -0.4 is 5.32 Å². The molecule has 2 spiro atoms. The minimum absolute atomic E-state index is 0.00565. The molecule has 4 bridgehead atoms. The van der Waals surface area contributed by atoms with Crippen molar-refractivity contribution in [1.82, 2.24) is 0 Å². The second-order valence-corrected chi connectivity index (χ2v) is 13.5. The van der Waals surface area contributed by atoms with E-state index in [9.17, 15) is 4.79 Å². The standard InChI is InChI=1S/C27H35Cl2NO5/c1-25(2,3)19-11-21(32-24(31)30-23-12-20(28)4-5-22(23)29)14-26(13-19)33-27(35-34-26)17-7-15-6-16(9-17)10-18(27)8-15/h4-5,12,15-19,21H,6-11,13-14H2,1-3H3,(H,30,31). The molecule has 1 aliphatic heterocycles. The molecule has 3 unspecified atom stereocenters. The molecule has 0 aromatic heterocycles. The van der Waals surface area contributed by atoms with Gasteiger partial charge in [-0.05, 0) is 79.9 Å². The van der Waals surface area contributed by atoms with E-state index in [1.54, 1.807) is 18.2 Å². The van der Waals surface area contributed by atoms with Gasteiger partial charge in [0.25, 0.3) is 0 Å². The normalized spacial score (nSPS) is 42.1. The zero-order valence-electron chi connectivity index (χ0n) is 20.7. The molecule has 0 radical (unpaired) electrons. The maximum atomic E-state index is 12.9. The lowest BCUT2D eigenvalue weighted by atomic mass is 9.53. The van der Waals surface area contributed by atoms with Gasteiger partial charge < -0.3 is 9.47 Å². The first-order valence-corrected chi connectivity index (χ1v) is 13.8. The summed E-state index contributed by atoms with van der Waals surface area (Å²) in [6.07, 6.45) is 7.00. The highest BCUT2D eigenvalue weighted by Crippen LogP contribution is 2.64. The zero-order valence-corrected chi connectivity index (χ0v) is 22.2. The van der Waals surface area contributed by atoms with Crippen molar-refractivity contribution in [2.45, 2.75) is 89.8 Å². The number of hydrogen-bond donors (Lipinski definition) is 1. The van der Waals surface area contributed by atoms with Gasteiger partial charge >= 0.3 is 6.09 Å². The van der Waals surface area contributed by atoms with E-state index in [1.165, 1.54) is 6.42 Å². The lowest BCUT2D eigenvalue weighted by molar-refractivity contribution is -0.392. The van der Waals surface area contributed by atoms with E-state index in [2.05, 4.69) is 26.1 Å². The van der Waals surface area contributed by atoms with Gasteiger partial charge in [0.05, 0.1) is 10.7 Å². The van der Waals surface area contributed by atoms with Crippen LogP contribution in [0.5, 0.6) is 0 Å². The highest BCUT2D eigenvalue weighted by atomic mass is 35.5. The van der Waals surface area contributed by atoms with Crippen molar-refractivity contribution in [3.63, 3.8) is 0 Å². The molecule has 1 aromatic carbocycles. The molecule has 5 aliphatic carbocycles. The Morgan fingerprint density at radius 2 is 1.69 bits per heavy atom. The van der Waals surface area contributed by atoms with Crippen molar-refractivity contribution in [2.75, 3.05) is 5.32 Å². The molecule has 1 amide bonds. The van der Waals surface area contributed by atoms with Crippen molar-refractivity contribution < 1.29 is 24.0 Å². The third-order valence-electron chi connectivity index (χ3n) is 9.25. The third-order valence-corrected chi connectivity index (χ3v) is 9.82. The van der Waals surface area contributed by atoms with Gasteiger partial charge in [0, 0.05) is 29.7 Å². The van der Waals surface area contributed by atoms with Crippen LogP contribution in [0, 0.1) is 35.0 Å². The number of carbonyl (C=O) groups is 1. The molecular formula is C27H35Cl2NO5. The van der Waals surface area contributed by atoms with Crippen molar-refractivity contribution >= 4 is 35.0 Å². The van der Waals surface area contributed by atoms with E-state index in [4.69, 9.17) is 42.5 Å². The predicted octanol–water partition coefficient (Wildman–Crippen LogP) is 7.58. The molecule has 1 N–H and O–H groups in total. The minimum atomic E-state index is -0.899. The fourth-order valence-corrected chi connectivity index (χ4v) is 8.02. The molecule has 1 aromatic rings. The van der Waals surface area contributed by atoms with Crippen molar-refractivity contribution in [1.29, 1.82) is 0 Å². The van der Waals surface area contributed by atoms with Crippen LogP contribution >= 0.6 is 23.2 Å². The number of rotatable bonds is 2. The fraction of sp³-hybridized carbons (Fsp3) is 0.741. The Kier molecular flexibility index (Phi) is 5.89. The second kappa shape index (κ2) is 8.49. The van der Waals surface area contributed by atoms with E-state index in [-0.39, 0.29) is 17.4 Å². The van der Waals surface area contributed by atoms with Gasteiger partial charge in [0.1, 0.15) is 6.10 Å². The van der Waals surface area contributed by atoms with Crippen molar-refractivity contribution in [3.8, 4) is 0 Å². The molecule has 6 nitrogen and oxygen atoms in total. The molecule has 3 atom stereocenters. The SMILES string of the molecule is CC(C)(C)C1CC(OC(=O)Nc2cc(Cl)ccc2Cl)CC2(C1)OOC1(O2)C2CC3CC(C2)CC1C3. The second-order valence-electron chi connectivity index (χ2n) is 12.7. The number of halogens is 2. The first-order valence-electron chi connectivity index (χ1n) is 13.0.